The zero-order chi connectivity index (χ0) is 5.86. The average molecular weight is 230 g/mol. The number of nitrogens with two attached hydrogens (primary N) is 1. The summed E-state index contributed by atoms with van der Waals surface area (Å²) < 4.78 is 0. The molecule has 2 nitrogen and oxygen atoms in total. The summed E-state index contributed by atoms with van der Waals surface area (Å²) in [6.45, 7) is 0. The van der Waals surface area contributed by atoms with Crippen molar-refractivity contribution in [2.24, 2.45) is 5.73 Å². The Morgan fingerprint density at radius 2 is 2.00 bits per heavy atom. The Hall–Kier alpha value is 0.590. The Bertz CT molecular complexity index is 66.0. The van der Waals surface area contributed by atoms with Crippen LogP contribution in [0.2, 0.25) is 0 Å². The van der Waals surface area contributed by atoms with Gasteiger partial charge in [0.25, 0.3) is 0 Å². The molecule has 0 aromatic heterocycles. The molecular formula is C3H4Br2NO. The van der Waals surface area contributed by atoms with Crippen molar-refractivity contribution in [1.29, 1.82) is 0 Å². The van der Waals surface area contributed by atoms with Crippen LogP contribution in [0.25, 0.3) is 0 Å². The van der Waals surface area contributed by atoms with E-state index in [1.54, 1.807) is 6.29 Å². The van der Waals surface area contributed by atoms with E-state index < -0.39 is 4.83 Å². The van der Waals surface area contributed by atoms with Gasteiger partial charge in [-0.05, 0) is 0 Å². The van der Waals surface area contributed by atoms with Gasteiger partial charge in [0.1, 0.15) is 4.83 Å². The predicted molar refractivity (Wildman–Crippen MR) is 35.3 cm³/mol. The molecule has 0 aromatic carbocycles. The van der Waals surface area contributed by atoms with Crippen LogP contribution in [-0.2, 0) is 4.79 Å². The van der Waals surface area contributed by atoms with Gasteiger partial charge in [0.05, 0.1) is 4.95 Å². The SMILES string of the molecule is NC(Br)C(Br)[C]=O. The van der Waals surface area contributed by atoms with E-state index >= 15 is 0 Å². The number of rotatable bonds is 2. The van der Waals surface area contributed by atoms with Gasteiger partial charge in [0.2, 0.25) is 6.29 Å². The highest BCUT2D eigenvalue weighted by molar-refractivity contribution is 9.12. The second-order valence-electron chi connectivity index (χ2n) is 0.964. The zero-order valence-electron chi connectivity index (χ0n) is 3.40. The summed E-state index contributed by atoms with van der Waals surface area (Å²) in [6.07, 6.45) is 1.66. The summed E-state index contributed by atoms with van der Waals surface area (Å²) >= 11 is 5.91. The molecule has 0 saturated carbocycles. The third kappa shape index (κ3) is 3.20. The summed E-state index contributed by atoms with van der Waals surface area (Å²) in [5, 5.41) is 0. The van der Waals surface area contributed by atoms with Gasteiger partial charge >= 0.3 is 0 Å². The first-order valence-electron chi connectivity index (χ1n) is 1.60. The van der Waals surface area contributed by atoms with Crippen LogP contribution in [0.1, 0.15) is 0 Å². The first-order chi connectivity index (χ1) is 3.18. The molecule has 2 atom stereocenters. The van der Waals surface area contributed by atoms with Crippen molar-refractivity contribution in [2.45, 2.75) is 9.78 Å². The van der Waals surface area contributed by atoms with Gasteiger partial charge in [-0.15, -0.1) is 0 Å². The van der Waals surface area contributed by atoms with Crippen LogP contribution >= 0.6 is 31.9 Å². The molecule has 0 aliphatic rings. The molecular weight excluding hydrogens is 226 g/mol. The average Bonchev–Trinajstić information content (AvgIpc) is 1.65. The van der Waals surface area contributed by atoms with E-state index in [-0.39, 0.29) is 4.95 Å². The van der Waals surface area contributed by atoms with E-state index in [0.29, 0.717) is 0 Å². The van der Waals surface area contributed by atoms with Gasteiger partial charge in [-0.2, -0.15) is 0 Å². The maximum absolute atomic E-state index is 9.66. The fraction of sp³-hybridized carbons (Fsp3) is 0.667. The molecule has 0 aliphatic heterocycles. The molecule has 0 rings (SSSR count). The first-order valence-corrected chi connectivity index (χ1v) is 3.43. The molecule has 0 bridgehead atoms. The van der Waals surface area contributed by atoms with Crippen molar-refractivity contribution in [3.05, 3.63) is 0 Å². The molecule has 41 valence electrons. The van der Waals surface area contributed by atoms with Gasteiger partial charge in [-0.25, -0.2) is 0 Å². The highest BCUT2D eigenvalue weighted by atomic mass is 79.9. The molecule has 1 radical (unpaired) electrons. The van der Waals surface area contributed by atoms with Crippen molar-refractivity contribution in [3.63, 3.8) is 0 Å². The Morgan fingerprint density at radius 1 is 1.57 bits per heavy atom. The smallest absolute Gasteiger partial charge is 0.215 e. The van der Waals surface area contributed by atoms with Gasteiger partial charge < -0.3 is 5.73 Å². The topological polar surface area (TPSA) is 43.1 Å². The second-order valence-corrected chi connectivity index (χ2v) is 3.01. The standard InChI is InChI=1S/C3H4Br2NO/c4-2(1-7)3(5)6/h2-3H,6H2. The molecule has 7 heavy (non-hydrogen) atoms. The monoisotopic (exact) mass is 228 g/mol. The molecule has 0 aliphatic carbocycles. The summed E-state index contributed by atoms with van der Waals surface area (Å²) in [5.74, 6) is 0. The Labute approximate surface area is 58.7 Å². The van der Waals surface area contributed by atoms with E-state index in [9.17, 15) is 4.79 Å². The van der Waals surface area contributed by atoms with Crippen LogP contribution in [0.4, 0.5) is 0 Å². The largest absolute Gasteiger partial charge is 0.318 e. The maximum Gasteiger partial charge on any atom is 0.215 e. The van der Waals surface area contributed by atoms with Crippen LogP contribution in [0.15, 0.2) is 0 Å². The van der Waals surface area contributed by atoms with Gasteiger partial charge in [-0.1, -0.05) is 31.9 Å². The van der Waals surface area contributed by atoms with E-state index in [2.05, 4.69) is 31.9 Å². The van der Waals surface area contributed by atoms with Crippen LogP contribution < -0.4 is 5.73 Å². The highest BCUT2D eigenvalue weighted by Crippen LogP contribution is 2.04. The van der Waals surface area contributed by atoms with Gasteiger partial charge in [0, 0.05) is 0 Å². The Balaban J connectivity index is 3.33. The van der Waals surface area contributed by atoms with Crippen molar-refractivity contribution in [1.82, 2.24) is 0 Å². The fourth-order valence-corrected chi connectivity index (χ4v) is 0.173. The summed E-state index contributed by atoms with van der Waals surface area (Å²) in [7, 11) is 0. The lowest BCUT2D eigenvalue weighted by molar-refractivity contribution is 0.553. The molecule has 0 saturated heterocycles. The van der Waals surface area contributed by atoms with Crippen molar-refractivity contribution in [3.8, 4) is 0 Å². The van der Waals surface area contributed by atoms with Gasteiger partial charge in [-0.3, -0.25) is 4.79 Å². The van der Waals surface area contributed by atoms with E-state index in [4.69, 9.17) is 5.73 Å². The minimum absolute atomic E-state index is 0.329. The molecule has 2 unspecified atom stereocenters. The summed E-state index contributed by atoms with van der Waals surface area (Å²) in [4.78, 5) is 8.94. The lowest BCUT2D eigenvalue weighted by atomic mass is 10.5. The molecule has 4 heteroatoms. The third-order valence-electron chi connectivity index (χ3n) is 0.392. The number of hydrogen-bond donors (Lipinski definition) is 1. The lowest BCUT2D eigenvalue weighted by Gasteiger charge is -1.99. The fourth-order valence-electron chi connectivity index (χ4n) is 0.0650. The minimum atomic E-state index is -0.396. The van der Waals surface area contributed by atoms with Crippen LogP contribution in [0.3, 0.4) is 0 Å². The van der Waals surface area contributed by atoms with E-state index in [1.165, 1.54) is 0 Å². The van der Waals surface area contributed by atoms with Crippen molar-refractivity contribution >= 4 is 38.1 Å². The van der Waals surface area contributed by atoms with Crippen LogP contribution in [-0.4, -0.2) is 16.1 Å². The molecule has 0 aromatic rings. The third-order valence-corrected chi connectivity index (χ3v) is 2.39. The Kier molecular flexibility index (Phi) is 3.88. The minimum Gasteiger partial charge on any atom is -0.318 e. The maximum atomic E-state index is 9.66. The zero-order valence-corrected chi connectivity index (χ0v) is 6.57. The molecule has 0 heterocycles. The lowest BCUT2D eigenvalue weighted by Crippen LogP contribution is -2.24. The number of carbonyl (C=O) groups excluding carboxylic acids is 1. The van der Waals surface area contributed by atoms with Crippen LogP contribution in [0.5, 0.6) is 0 Å². The van der Waals surface area contributed by atoms with E-state index in [1.807, 2.05) is 0 Å². The summed E-state index contributed by atoms with van der Waals surface area (Å²) in [6, 6.07) is 0. The second kappa shape index (κ2) is 3.57. The molecule has 0 fully saturated rings. The number of alkyl halides is 2. The van der Waals surface area contributed by atoms with Crippen LogP contribution in [0, 0.1) is 0 Å². The number of hydrogen-bond acceptors (Lipinski definition) is 2. The molecule has 0 spiro atoms. The van der Waals surface area contributed by atoms with Crippen molar-refractivity contribution in [2.75, 3.05) is 0 Å². The normalized spacial score (nSPS) is 18.1. The highest BCUT2D eigenvalue weighted by Gasteiger charge is 2.08. The quantitative estimate of drug-likeness (QED) is 0.555. The molecule has 2 N–H and O–H groups in total. The summed E-state index contributed by atoms with van der Waals surface area (Å²) in [5.41, 5.74) is 5.15. The predicted octanol–water partition coefficient (Wildman–Crippen LogP) is 0.539. The van der Waals surface area contributed by atoms with Crippen molar-refractivity contribution < 1.29 is 4.79 Å². The van der Waals surface area contributed by atoms with Gasteiger partial charge in [0.15, 0.2) is 0 Å². The van der Waals surface area contributed by atoms with E-state index in [0.717, 1.165) is 0 Å². The Morgan fingerprint density at radius 3 is 2.00 bits per heavy atom. The molecule has 0 amide bonds. The number of halogens is 2. The first kappa shape index (κ1) is 7.59.